The van der Waals surface area contributed by atoms with Crippen molar-refractivity contribution >= 4 is 62.5 Å². The van der Waals surface area contributed by atoms with Gasteiger partial charge in [-0.3, -0.25) is 0 Å². The van der Waals surface area contributed by atoms with Crippen LogP contribution in [0.15, 0.2) is 21.5 Å². The summed E-state index contributed by atoms with van der Waals surface area (Å²) in [6.45, 7) is 4.12. The molecule has 5 nitrogen and oxygen atoms in total. The molecule has 9 heteroatoms. The first-order valence-corrected chi connectivity index (χ1v) is 8.76. The Morgan fingerprint density at radius 2 is 1.73 bits per heavy atom. The molecule has 0 saturated carbocycles. The van der Waals surface area contributed by atoms with Gasteiger partial charge in [-0.1, -0.05) is 48.4 Å². The number of halogens is 2. The molecule has 114 valence electrons. The highest BCUT2D eigenvalue weighted by Gasteiger charge is 2.16. The SMILES string of the molecule is CC(C)c1nc2cc(Cl)c(Cl)cc2nc1Sc1nnc(N)s1. The first-order valence-electron chi connectivity index (χ1n) is 6.37. The van der Waals surface area contributed by atoms with E-state index in [1.807, 2.05) is 0 Å². The summed E-state index contributed by atoms with van der Waals surface area (Å²) in [7, 11) is 0. The van der Waals surface area contributed by atoms with Crippen LogP contribution in [0.4, 0.5) is 5.13 Å². The lowest BCUT2D eigenvalue weighted by molar-refractivity contribution is 0.782. The van der Waals surface area contributed by atoms with Crippen LogP contribution in [0.25, 0.3) is 11.0 Å². The van der Waals surface area contributed by atoms with E-state index < -0.39 is 0 Å². The van der Waals surface area contributed by atoms with Gasteiger partial charge in [-0.2, -0.15) is 0 Å². The zero-order chi connectivity index (χ0) is 15.9. The first-order chi connectivity index (χ1) is 10.4. The van der Waals surface area contributed by atoms with Crippen molar-refractivity contribution in [2.24, 2.45) is 0 Å². The summed E-state index contributed by atoms with van der Waals surface area (Å²) in [4.78, 5) is 9.34. The predicted octanol–water partition coefficient (Wildman–Crippen LogP) is 4.64. The lowest BCUT2D eigenvalue weighted by atomic mass is 10.1. The maximum atomic E-state index is 6.06. The number of aromatic nitrogens is 4. The highest BCUT2D eigenvalue weighted by atomic mass is 35.5. The molecule has 0 atom stereocenters. The third-order valence-corrected chi connectivity index (χ3v) is 5.37. The second-order valence-electron chi connectivity index (χ2n) is 4.83. The number of nitrogens with zero attached hydrogens (tertiary/aromatic N) is 4. The summed E-state index contributed by atoms with van der Waals surface area (Å²) in [6.07, 6.45) is 0. The van der Waals surface area contributed by atoms with Crippen molar-refractivity contribution in [3.8, 4) is 0 Å². The van der Waals surface area contributed by atoms with E-state index in [1.54, 1.807) is 12.1 Å². The molecular weight excluding hydrogens is 361 g/mol. The molecule has 0 unspecified atom stereocenters. The normalized spacial score (nSPS) is 11.5. The van der Waals surface area contributed by atoms with Crippen molar-refractivity contribution in [1.82, 2.24) is 20.2 Å². The highest BCUT2D eigenvalue weighted by Crippen LogP contribution is 2.36. The standard InChI is InChI=1S/C13H11Cl2N5S2/c1-5(2)10-11(21-13-20-19-12(16)22-13)18-9-4-7(15)6(14)3-8(9)17-10/h3-5H,1-2H3,(H2,16,19). The van der Waals surface area contributed by atoms with Gasteiger partial charge in [0.1, 0.15) is 5.03 Å². The van der Waals surface area contributed by atoms with Gasteiger partial charge in [0.2, 0.25) is 5.13 Å². The second kappa shape index (κ2) is 6.16. The Bertz CT molecular complexity index is 850. The lowest BCUT2D eigenvalue weighted by Gasteiger charge is -2.11. The monoisotopic (exact) mass is 371 g/mol. The maximum absolute atomic E-state index is 6.06. The van der Waals surface area contributed by atoms with Gasteiger partial charge in [-0.15, -0.1) is 10.2 Å². The van der Waals surface area contributed by atoms with E-state index in [0.29, 0.717) is 20.7 Å². The Morgan fingerprint density at radius 1 is 1.09 bits per heavy atom. The number of nitrogen functional groups attached to an aromatic ring is 1. The van der Waals surface area contributed by atoms with Crippen molar-refractivity contribution in [2.45, 2.75) is 29.1 Å². The van der Waals surface area contributed by atoms with E-state index >= 15 is 0 Å². The van der Waals surface area contributed by atoms with Crippen molar-refractivity contribution in [3.05, 3.63) is 27.9 Å². The lowest BCUT2D eigenvalue weighted by Crippen LogP contribution is -2.00. The van der Waals surface area contributed by atoms with Crippen LogP contribution in [0.5, 0.6) is 0 Å². The van der Waals surface area contributed by atoms with Gasteiger partial charge in [-0.05, 0) is 29.8 Å². The number of hydrogen-bond acceptors (Lipinski definition) is 7. The molecule has 0 radical (unpaired) electrons. The fourth-order valence-corrected chi connectivity index (χ4v) is 3.94. The minimum absolute atomic E-state index is 0.208. The molecule has 22 heavy (non-hydrogen) atoms. The van der Waals surface area contributed by atoms with E-state index in [2.05, 4.69) is 34.0 Å². The Hall–Kier alpha value is -1.15. The zero-order valence-corrected chi connectivity index (χ0v) is 14.8. The third kappa shape index (κ3) is 3.12. The molecule has 0 spiro atoms. The average Bonchev–Trinajstić information content (AvgIpc) is 2.85. The topological polar surface area (TPSA) is 77.6 Å². The van der Waals surface area contributed by atoms with Crippen molar-refractivity contribution < 1.29 is 0 Å². The zero-order valence-electron chi connectivity index (χ0n) is 11.7. The van der Waals surface area contributed by atoms with Gasteiger partial charge in [-0.25, -0.2) is 9.97 Å². The van der Waals surface area contributed by atoms with Crippen molar-refractivity contribution in [1.29, 1.82) is 0 Å². The second-order valence-corrected chi connectivity index (χ2v) is 7.89. The average molecular weight is 372 g/mol. The number of benzene rings is 1. The molecule has 0 amide bonds. The van der Waals surface area contributed by atoms with Gasteiger partial charge in [0.25, 0.3) is 0 Å². The molecule has 2 aromatic heterocycles. The number of hydrogen-bond donors (Lipinski definition) is 1. The van der Waals surface area contributed by atoms with E-state index in [0.717, 1.165) is 20.6 Å². The molecule has 0 aliphatic heterocycles. The largest absolute Gasteiger partial charge is 0.374 e. The Balaban J connectivity index is 2.14. The number of anilines is 1. The molecule has 0 aliphatic carbocycles. The van der Waals surface area contributed by atoms with Crippen LogP contribution in [-0.2, 0) is 0 Å². The van der Waals surface area contributed by atoms with Crippen molar-refractivity contribution in [3.63, 3.8) is 0 Å². The van der Waals surface area contributed by atoms with E-state index in [-0.39, 0.29) is 5.92 Å². The summed E-state index contributed by atoms with van der Waals surface area (Å²) in [5, 5.41) is 9.96. The minimum atomic E-state index is 0.208. The Morgan fingerprint density at radius 3 is 2.27 bits per heavy atom. The van der Waals surface area contributed by atoms with Crippen LogP contribution in [-0.4, -0.2) is 20.2 Å². The van der Waals surface area contributed by atoms with Crippen LogP contribution in [0, 0.1) is 0 Å². The molecule has 2 N–H and O–H groups in total. The third-order valence-electron chi connectivity index (χ3n) is 2.85. The van der Waals surface area contributed by atoms with Gasteiger partial charge in [0, 0.05) is 0 Å². The minimum Gasteiger partial charge on any atom is -0.374 e. The van der Waals surface area contributed by atoms with Crippen LogP contribution >= 0.6 is 46.3 Å². The smallest absolute Gasteiger partial charge is 0.203 e. The Labute approximate surface area is 145 Å². The van der Waals surface area contributed by atoms with Gasteiger partial charge in [0.05, 0.1) is 26.8 Å². The van der Waals surface area contributed by atoms with E-state index in [4.69, 9.17) is 28.9 Å². The number of nitrogens with two attached hydrogens (primary N) is 1. The van der Waals surface area contributed by atoms with Crippen LogP contribution in [0.1, 0.15) is 25.5 Å². The number of rotatable bonds is 3. The van der Waals surface area contributed by atoms with Gasteiger partial charge < -0.3 is 5.73 Å². The summed E-state index contributed by atoms with van der Waals surface area (Å²) in [6, 6.07) is 3.45. The van der Waals surface area contributed by atoms with E-state index in [1.165, 1.54) is 23.1 Å². The molecule has 2 heterocycles. The van der Waals surface area contributed by atoms with Gasteiger partial charge >= 0.3 is 0 Å². The van der Waals surface area contributed by atoms with Crippen LogP contribution in [0.3, 0.4) is 0 Å². The molecule has 0 bridgehead atoms. The Kier molecular flexibility index (Phi) is 4.40. The van der Waals surface area contributed by atoms with E-state index in [9.17, 15) is 0 Å². The van der Waals surface area contributed by atoms with Crippen molar-refractivity contribution in [2.75, 3.05) is 5.73 Å². The first kappa shape index (κ1) is 15.7. The van der Waals surface area contributed by atoms with Crippen LogP contribution in [0.2, 0.25) is 10.0 Å². The highest BCUT2D eigenvalue weighted by molar-refractivity contribution is 8.01. The van der Waals surface area contributed by atoms with Crippen LogP contribution < -0.4 is 5.73 Å². The summed E-state index contributed by atoms with van der Waals surface area (Å²) >= 11 is 14.8. The summed E-state index contributed by atoms with van der Waals surface area (Å²) in [5.41, 5.74) is 7.91. The molecule has 0 saturated heterocycles. The number of fused-ring (bicyclic) bond motifs is 1. The quantitative estimate of drug-likeness (QED) is 0.721. The molecule has 3 aromatic rings. The fourth-order valence-electron chi connectivity index (χ4n) is 1.84. The summed E-state index contributed by atoms with van der Waals surface area (Å²) in [5.74, 6) is 0.208. The fraction of sp³-hybridized carbons (Fsp3) is 0.231. The molecule has 0 aliphatic rings. The molecule has 3 rings (SSSR count). The predicted molar refractivity (Wildman–Crippen MR) is 92.1 cm³/mol. The maximum Gasteiger partial charge on any atom is 0.203 e. The molecular formula is C13H11Cl2N5S2. The summed E-state index contributed by atoms with van der Waals surface area (Å²) < 4.78 is 0.730. The van der Waals surface area contributed by atoms with Gasteiger partial charge in [0.15, 0.2) is 4.34 Å². The molecule has 1 aromatic carbocycles. The molecule has 0 fully saturated rings.